The van der Waals surface area contributed by atoms with E-state index in [-0.39, 0.29) is 22.9 Å². The first-order chi connectivity index (χ1) is 13.7. The summed E-state index contributed by atoms with van der Waals surface area (Å²) >= 11 is 1.40. The molecular formula is C22H29FeNO5S+2. The van der Waals surface area contributed by atoms with Gasteiger partial charge in [-0.1, -0.05) is 0 Å². The normalized spacial score (nSPS) is 17.2. The first kappa shape index (κ1) is 29.3. The fourth-order valence-corrected chi connectivity index (χ4v) is 3.10. The molecule has 30 heavy (non-hydrogen) atoms. The van der Waals surface area contributed by atoms with Crippen molar-refractivity contribution in [1.82, 2.24) is 5.32 Å². The van der Waals surface area contributed by atoms with Gasteiger partial charge in [-0.2, -0.15) is 11.8 Å². The first-order valence-corrected chi connectivity index (χ1v) is 10.4. The van der Waals surface area contributed by atoms with Gasteiger partial charge in [-0.25, -0.2) is 9.59 Å². The van der Waals surface area contributed by atoms with Crippen molar-refractivity contribution in [2.75, 3.05) is 18.6 Å². The second kappa shape index (κ2) is 16.0. The van der Waals surface area contributed by atoms with Gasteiger partial charge in [0.2, 0.25) is 0 Å². The van der Waals surface area contributed by atoms with Gasteiger partial charge >= 0.3 is 29.1 Å². The molecule has 1 amide bonds. The Bertz CT molecular complexity index is 507. The largest absolute Gasteiger partial charge is 2.00 e. The number of ketones is 1. The van der Waals surface area contributed by atoms with Crippen LogP contribution in [0.5, 0.6) is 0 Å². The first-order valence-electron chi connectivity index (χ1n) is 9.29. The third-order valence-corrected chi connectivity index (χ3v) is 4.54. The second-order valence-electron chi connectivity index (χ2n) is 7.11. The summed E-state index contributed by atoms with van der Waals surface area (Å²) in [6.07, 6.45) is 16.9. The Morgan fingerprint density at radius 2 is 1.53 bits per heavy atom. The summed E-state index contributed by atoms with van der Waals surface area (Å²) in [4.78, 5) is 35.4. The molecule has 164 valence electrons. The van der Waals surface area contributed by atoms with Crippen LogP contribution in [0.3, 0.4) is 0 Å². The average molecular weight is 475 g/mol. The number of amides is 1. The Kier molecular flexibility index (Phi) is 15.6. The van der Waals surface area contributed by atoms with Crippen molar-refractivity contribution in [3.05, 3.63) is 63.7 Å². The van der Waals surface area contributed by atoms with Crippen LogP contribution in [0, 0.1) is 63.7 Å². The van der Waals surface area contributed by atoms with E-state index in [0.29, 0.717) is 23.8 Å². The number of carbonyl (C=O) groups excluding carboxylic acids is 3. The van der Waals surface area contributed by atoms with Crippen LogP contribution in [-0.4, -0.2) is 48.1 Å². The van der Waals surface area contributed by atoms with Crippen molar-refractivity contribution in [2.45, 2.75) is 38.8 Å². The van der Waals surface area contributed by atoms with E-state index < -0.39 is 23.7 Å². The van der Waals surface area contributed by atoms with Crippen LogP contribution in [0.1, 0.15) is 27.2 Å². The number of alkyl carbamates (subject to hydrolysis) is 1. The summed E-state index contributed by atoms with van der Waals surface area (Å²) < 4.78 is 9.83. The van der Waals surface area contributed by atoms with Gasteiger partial charge < -0.3 is 14.8 Å². The number of rotatable bonds is 8. The number of esters is 1. The Balaban J connectivity index is 0.00000122. The molecule has 0 heterocycles. The predicted molar refractivity (Wildman–Crippen MR) is 114 cm³/mol. The van der Waals surface area contributed by atoms with E-state index in [9.17, 15) is 14.4 Å². The number of hydrogen-bond acceptors (Lipinski definition) is 6. The second-order valence-corrected chi connectivity index (χ2v) is 8.26. The molecule has 0 bridgehead atoms. The van der Waals surface area contributed by atoms with E-state index in [1.54, 1.807) is 33.6 Å². The number of methoxy groups -OCH3 is 1. The van der Waals surface area contributed by atoms with Gasteiger partial charge in [-0.05, 0) is 78.6 Å². The molecule has 0 aliphatic heterocycles. The smallest absolute Gasteiger partial charge is 0.467 e. The molecule has 1 N–H and O–H groups in total. The average Bonchev–Trinajstić information content (AvgIpc) is 3.38. The van der Waals surface area contributed by atoms with Crippen LogP contribution >= 0.6 is 11.8 Å². The molecule has 10 radical (unpaired) electrons. The minimum absolute atomic E-state index is 0. The molecule has 6 nitrogen and oxygen atoms in total. The topological polar surface area (TPSA) is 81.7 Å². The third-order valence-electron chi connectivity index (χ3n) is 3.47. The maximum atomic E-state index is 11.9. The Morgan fingerprint density at radius 1 is 1.00 bits per heavy atom. The van der Waals surface area contributed by atoms with Gasteiger partial charge in [-0.3, -0.25) is 4.79 Å². The number of Topliss-reactive ketones (excluding diaryl/α,β-unsaturated/α-hetero) is 1. The summed E-state index contributed by atoms with van der Waals surface area (Å²) in [6.45, 7) is 5.22. The molecular weight excluding hydrogens is 446 g/mol. The number of nitrogens with one attached hydrogen (secondary N) is 1. The quantitative estimate of drug-likeness (QED) is 0.330. The molecule has 0 aromatic carbocycles. The van der Waals surface area contributed by atoms with Gasteiger partial charge in [0.15, 0.2) is 0 Å². The molecule has 0 aromatic heterocycles. The van der Waals surface area contributed by atoms with Gasteiger partial charge in [0, 0.05) is 23.8 Å². The number of hydrogen-bond donors (Lipinski definition) is 1. The van der Waals surface area contributed by atoms with Gasteiger partial charge in [0.05, 0.1) is 7.11 Å². The maximum absolute atomic E-state index is 11.9. The number of thioether (sulfide) groups is 1. The number of ether oxygens (including phenoxy) is 2. The third kappa shape index (κ3) is 13.6. The Hall–Kier alpha value is -0.721. The van der Waals surface area contributed by atoms with Crippen molar-refractivity contribution in [3.63, 3.8) is 0 Å². The SMILES string of the molecule is COC(=O)[C@H](CSCCC(=O)[C]1[CH][CH][CH][CH]1)NC(=O)OC(C)(C)C.[CH]1[CH][CH][CH][CH]1.[Fe+2]. The standard InChI is InChI=1S/C17H24NO5S.C5H5.Fe/c1-17(2,3)23-16(21)18-13(15(20)22-4)11-24-10-9-14(19)12-7-5-6-8-12;1-2-4-5-3-1;/h5-8,13H,9-11H2,1-4H3,(H,18,21);1-5H;/q;;+2/t13-;;/m0../s1. The molecule has 0 spiro atoms. The van der Waals surface area contributed by atoms with Crippen molar-refractivity contribution in [1.29, 1.82) is 0 Å². The van der Waals surface area contributed by atoms with E-state index in [0.717, 1.165) is 0 Å². The fraction of sp³-hybridized carbons (Fsp3) is 0.409. The zero-order valence-electron chi connectivity index (χ0n) is 17.7. The number of carbonyl (C=O) groups is 3. The van der Waals surface area contributed by atoms with Crippen LogP contribution in [0.4, 0.5) is 4.79 Å². The van der Waals surface area contributed by atoms with Gasteiger partial charge in [0.25, 0.3) is 0 Å². The van der Waals surface area contributed by atoms with E-state index in [4.69, 9.17) is 9.47 Å². The summed E-state index contributed by atoms with van der Waals surface area (Å²) in [5.41, 5.74) is -0.649. The van der Waals surface area contributed by atoms with E-state index in [1.165, 1.54) is 18.9 Å². The van der Waals surface area contributed by atoms with E-state index in [1.807, 2.05) is 44.9 Å². The summed E-state index contributed by atoms with van der Waals surface area (Å²) in [6, 6.07) is -0.816. The molecule has 1 atom stereocenters. The van der Waals surface area contributed by atoms with Crippen LogP contribution in [0.15, 0.2) is 0 Å². The monoisotopic (exact) mass is 475 g/mol. The van der Waals surface area contributed by atoms with Crippen LogP contribution < -0.4 is 5.32 Å². The van der Waals surface area contributed by atoms with Crippen molar-refractivity contribution >= 4 is 29.6 Å². The molecule has 2 fully saturated rings. The van der Waals surface area contributed by atoms with E-state index in [2.05, 4.69) is 5.32 Å². The van der Waals surface area contributed by atoms with Crippen molar-refractivity contribution < 1.29 is 40.9 Å². The van der Waals surface area contributed by atoms with Crippen molar-refractivity contribution in [3.8, 4) is 0 Å². The molecule has 2 aliphatic rings. The molecule has 0 unspecified atom stereocenters. The zero-order chi connectivity index (χ0) is 21.7. The molecule has 0 saturated heterocycles. The Morgan fingerprint density at radius 3 is 2.00 bits per heavy atom. The van der Waals surface area contributed by atoms with E-state index >= 15 is 0 Å². The van der Waals surface area contributed by atoms with Crippen LogP contribution in [-0.2, 0) is 36.1 Å². The summed E-state index contributed by atoms with van der Waals surface area (Å²) in [7, 11) is 1.26. The van der Waals surface area contributed by atoms with Gasteiger partial charge in [-0.15, -0.1) is 0 Å². The molecule has 8 heteroatoms. The fourth-order valence-electron chi connectivity index (χ4n) is 2.15. The minimum Gasteiger partial charge on any atom is -0.467 e. The zero-order valence-corrected chi connectivity index (χ0v) is 19.6. The summed E-state index contributed by atoms with van der Waals surface area (Å²) in [5.74, 6) is 1.05. The van der Waals surface area contributed by atoms with Gasteiger partial charge in [0.1, 0.15) is 17.4 Å². The van der Waals surface area contributed by atoms with Crippen LogP contribution in [0.25, 0.3) is 0 Å². The maximum Gasteiger partial charge on any atom is 2.00 e. The minimum atomic E-state index is -0.816. The Labute approximate surface area is 196 Å². The molecule has 2 rings (SSSR count). The molecule has 0 aromatic rings. The van der Waals surface area contributed by atoms with Crippen LogP contribution in [0.2, 0.25) is 0 Å². The molecule has 2 saturated carbocycles. The predicted octanol–water partition coefficient (Wildman–Crippen LogP) is 3.17. The van der Waals surface area contributed by atoms with Crippen molar-refractivity contribution in [2.24, 2.45) is 0 Å². The molecule has 2 aliphatic carbocycles. The summed E-state index contributed by atoms with van der Waals surface area (Å²) in [5, 5.41) is 2.50.